The fourth-order valence-electron chi connectivity index (χ4n) is 4.50. The van der Waals surface area contributed by atoms with Gasteiger partial charge in [-0.25, -0.2) is 15.0 Å². The molecule has 1 atom stereocenters. The maximum atomic E-state index is 5.24. The number of nitrogens with one attached hydrogen (secondary N) is 3. The van der Waals surface area contributed by atoms with Crippen LogP contribution in [0, 0.1) is 11.3 Å². The van der Waals surface area contributed by atoms with Gasteiger partial charge in [0.05, 0.1) is 12.3 Å². The van der Waals surface area contributed by atoms with Crippen LogP contribution in [0.1, 0.15) is 64.6 Å². The second-order valence-corrected chi connectivity index (χ2v) is 10.1. The molecule has 2 heterocycles. The lowest BCUT2D eigenvalue weighted by Crippen LogP contribution is -2.42. The number of hydrogen-bond donors (Lipinski definition) is 3. The van der Waals surface area contributed by atoms with Crippen LogP contribution in [0.5, 0.6) is 0 Å². The molecule has 32 heavy (non-hydrogen) atoms. The number of methoxy groups -OCH3 is 1. The zero-order valence-electron chi connectivity index (χ0n) is 19.9. The lowest BCUT2D eigenvalue weighted by molar-refractivity contribution is 0.158. The first-order chi connectivity index (χ1) is 15.5. The van der Waals surface area contributed by atoms with E-state index < -0.39 is 0 Å². The van der Waals surface area contributed by atoms with Crippen LogP contribution in [0.4, 0.5) is 5.82 Å². The summed E-state index contributed by atoms with van der Waals surface area (Å²) in [5, 5.41) is 10.6. The molecule has 2 aliphatic carbocycles. The van der Waals surface area contributed by atoms with Gasteiger partial charge in [-0.15, -0.1) is 0 Å². The fourth-order valence-corrected chi connectivity index (χ4v) is 4.50. The van der Waals surface area contributed by atoms with Gasteiger partial charge in [-0.1, -0.05) is 6.92 Å². The summed E-state index contributed by atoms with van der Waals surface area (Å²) in [6.45, 7) is 7.89. The van der Waals surface area contributed by atoms with Crippen molar-refractivity contribution in [2.24, 2.45) is 21.3 Å². The third-order valence-corrected chi connectivity index (χ3v) is 6.90. The summed E-state index contributed by atoms with van der Waals surface area (Å²) in [4.78, 5) is 18.5. The minimum atomic E-state index is 0.414. The first-order valence-corrected chi connectivity index (χ1v) is 12.2. The highest BCUT2D eigenvalue weighted by Gasteiger charge is 2.36. The summed E-state index contributed by atoms with van der Waals surface area (Å²) < 4.78 is 5.24. The molecule has 1 aromatic heterocycles. The zero-order valence-corrected chi connectivity index (χ0v) is 19.9. The second kappa shape index (κ2) is 10.7. The molecule has 176 valence electrons. The van der Waals surface area contributed by atoms with Crippen LogP contribution < -0.4 is 16.0 Å². The van der Waals surface area contributed by atoms with Gasteiger partial charge >= 0.3 is 0 Å². The highest BCUT2D eigenvalue weighted by atomic mass is 16.5. The van der Waals surface area contributed by atoms with Crippen molar-refractivity contribution in [2.45, 2.75) is 70.9 Å². The van der Waals surface area contributed by atoms with E-state index in [4.69, 9.17) is 14.7 Å². The normalized spacial score (nSPS) is 25.5. The molecule has 2 fully saturated rings. The second-order valence-electron chi connectivity index (χ2n) is 10.1. The number of anilines is 1. The highest BCUT2D eigenvalue weighted by Crippen LogP contribution is 2.44. The van der Waals surface area contributed by atoms with Crippen molar-refractivity contribution in [2.75, 3.05) is 38.7 Å². The lowest BCUT2D eigenvalue weighted by atomic mass is 9.85. The van der Waals surface area contributed by atoms with E-state index in [2.05, 4.69) is 39.8 Å². The molecule has 8 heteroatoms. The molecular formula is C24H39N7O. The average Bonchev–Trinajstić information content (AvgIpc) is 3.55. The van der Waals surface area contributed by atoms with E-state index in [0.29, 0.717) is 29.2 Å². The molecule has 1 aliphatic heterocycles. The molecule has 3 N–H and O–H groups in total. The Balaban J connectivity index is 1.24. The van der Waals surface area contributed by atoms with Gasteiger partial charge in [0.15, 0.2) is 5.82 Å². The van der Waals surface area contributed by atoms with Gasteiger partial charge in [-0.2, -0.15) is 0 Å². The molecule has 0 radical (unpaired) electrons. The van der Waals surface area contributed by atoms with Crippen LogP contribution in [-0.4, -0.2) is 67.1 Å². The molecule has 8 nitrogen and oxygen atoms in total. The number of ether oxygens (including phenoxy) is 1. The van der Waals surface area contributed by atoms with Gasteiger partial charge in [0.25, 0.3) is 0 Å². The third-order valence-electron chi connectivity index (χ3n) is 6.90. The Hall–Kier alpha value is -2.06. The van der Waals surface area contributed by atoms with Crippen LogP contribution in [0.3, 0.4) is 0 Å². The smallest absolute Gasteiger partial charge is 0.218 e. The molecule has 0 saturated heterocycles. The Morgan fingerprint density at radius 1 is 1.19 bits per heavy atom. The SMILES string of the molecule is COC[C@H](C)NC1CCC(CNC2=NCCC(c3nccc(NCC4(C)CC4)n3)=N2)CC1. The number of rotatable bonds is 10. The van der Waals surface area contributed by atoms with Gasteiger partial charge in [-0.05, 0) is 62.8 Å². The fraction of sp³-hybridized carbons (Fsp3) is 0.750. The Morgan fingerprint density at radius 3 is 2.75 bits per heavy atom. The van der Waals surface area contributed by atoms with Gasteiger partial charge in [-0.3, -0.25) is 4.99 Å². The molecule has 0 unspecified atom stereocenters. The third kappa shape index (κ3) is 6.72. The topological polar surface area (TPSA) is 95.8 Å². The minimum Gasteiger partial charge on any atom is -0.383 e. The van der Waals surface area contributed by atoms with Crippen molar-refractivity contribution in [3.8, 4) is 0 Å². The Morgan fingerprint density at radius 2 is 2.00 bits per heavy atom. The van der Waals surface area contributed by atoms with E-state index in [1.807, 2.05) is 12.3 Å². The number of nitrogens with zero attached hydrogens (tertiary/aromatic N) is 4. The zero-order chi connectivity index (χ0) is 22.4. The van der Waals surface area contributed by atoms with E-state index in [9.17, 15) is 0 Å². The van der Waals surface area contributed by atoms with E-state index in [0.717, 1.165) is 50.2 Å². The maximum absolute atomic E-state index is 5.24. The van der Waals surface area contributed by atoms with Crippen molar-refractivity contribution in [3.05, 3.63) is 18.1 Å². The molecule has 0 amide bonds. The Labute approximate surface area is 192 Å². The minimum absolute atomic E-state index is 0.414. The van der Waals surface area contributed by atoms with Gasteiger partial charge in [0.2, 0.25) is 5.96 Å². The lowest BCUT2D eigenvalue weighted by Gasteiger charge is -2.31. The first-order valence-electron chi connectivity index (χ1n) is 12.2. The van der Waals surface area contributed by atoms with Gasteiger partial charge < -0.3 is 20.7 Å². The largest absolute Gasteiger partial charge is 0.383 e. The summed E-state index contributed by atoms with van der Waals surface area (Å²) >= 11 is 0. The van der Waals surface area contributed by atoms with E-state index in [1.54, 1.807) is 7.11 Å². The van der Waals surface area contributed by atoms with Gasteiger partial charge in [0, 0.05) is 51.4 Å². The summed E-state index contributed by atoms with van der Waals surface area (Å²) in [7, 11) is 1.76. The molecule has 3 aliphatic rings. The molecule has 0 aromatic carbocycles. The van der Waals surface area contributed by atoms with Crippen LogP contribution in [0.2, 0.25) is 0 Å². The maximum Gasteiger partial charge on any atom is 0.218 e. The first kappa shape index (κ1) is 23.1. The van der Waals surface area contributed by atoms with Crippen molar-refractivity contribution in [3.63, 3.8) is 0 Å². The van der Waals surface area contributed by atoms with Crippen molar-refractivity contribution < 1.29 is 4.74 Å². The molecule has 1 aromatic rings. The highest BCUT2D eigenvalue weighted by molar-refractivity contribution is 6.06. The summed E-state index contributed by atoms with van der Waals surface area (Å²) in [6, 6.07) is 2.96. The average molecular weight is 442 g/mol. The van der Waals surface area contributed by atoms with E-state index in [1.165, 1.54) is 38.5 Å². The molecule has 0 bridgehead atoms. The Bertz CT molecular complexity index is 812. The van der Waals surface area contributed by atoms with Crippen LogP contribution in [0.25, 0.3) is 0 Å². The summed E-state index contributed by atoms with van der Waals surface area (Å²) in [6.07, 6.45) is 10.1. The summed E-state index contributed by atoms with van der Waals surface area (Å²) in [5.74, 6) is 2.99. The Kier molecular flexibility index (Phi) is 7.73. The molecule has 2 saturated carbocycles. The van der Waals surface area contributed by atoms with Crippen molar-refractivity contribution >= 4 is 17.5 Å². The number of hydrogen-bond acceptors (Lipinski definition) is 8. The number of aliphatic imine (C=N–C) groups is 2. The van der Waals surface area contributed by atoms with Gasteiger partial charge in [0.1, 0.15) is 5.82 Å². The predicted molar refractivity (Wildman–Crippen MR) is 130 cm³/mol. The number of guanidine groups is 1. The quantitative estimate of drug-likeness (QED) is 0.517. The van der Waals surface area contributed by atoms with Crippen molar-refractivity contribution in [1.82, 2.24) is 20.6 Å². The van der Waals surface area contributed by atoms with Crippen LogP contribution in [-0.2, 0) is 4.74 Å². The van der Waals surface area contributed by atoms with E-state index in [-0.39, 0.29) is 0 Å². The standard InChI is InChI=1S/C24H39N7O/c1-17(15-32-3)29-19-6-4-18(5-7-19)14-27-23-26-12-8-20(30-23)22-25-13-9-21(31-22)28-16-24(2)10-11-24/h9,13,17-19,29H,4-8,10-12,14-16H2,1-3H3,(H,26,27)(H,25,28,31)/t17-,18?,19?/m0/s1. The van der Waals surface area contributed by atoms with E-state index >= 15 is 0 Å². The molecule has 4 rings (SSSR count). The number of aromatic nitrogens is 2. The molecule has 0 spiro atoms. The molecular weight excluding hydrogens is 402 g/mol. The van der Waals surface area contributed by atoms with Crippen LogP contribution in [0.15, 0.2) is 22.2 Å². The van der Waals surface area contributed by atoms with Crippen molar-refractivity contribution in [1.29, 1.82) is 0 Å². The predicted octanol–water partition coefficient (Wildman–Crippen LogP) is 3.01. The monoisotopic (exact) mass is 441 g/mol. The summed E-state index contributed by atoms with van der Waals surface area (Å²) in [5.41, 5.74) is 1.36. The van der Waals surface area contributed by atoms with Crippen LogP contribution >= 0.6 is 0 Å².